The van der Waals surface area contributed by atoms with Crippen LogP contribution in [-0.2, 0) is 4.79 Å². The molecule has 0 radical (unpaired) electrons. The highest BCUT2D eigenvalue weighted by Crippen LogP contribution is 2.28. The molecule has 0 aliphatic rings. The maximum absolute atomic E-state index is 13.0. The van der Waals surface area contributed by atoms with Crippen molar-refractivity contribution in [2.24, 2.45) is 5.10 Å². The smallest absolute Gasteiger partial charge is 0.273 e. The van der Waals surface area contributed by atoms with Crippen LogP contribution in [0.4, 0.5) is 5.69 Å². The fraction of sp³-hybridized carbons (Fsp3) is 0.0769. The van der Waals surface area contributed by atoms with Gasteiger partial charge in [0.25, 0.3) is 11.6 Å². The van der Waals surface area contributed by atoms with Crippen molar-refractivity contribution >= 4 is 17.8 Å². The maximum Gasteiger partial charge on any atom is 0.273 e. The van der Waals surface area contributed by atoms with Gasteiger partial charge >= 0.3 is 0 Å². The maximum atomic E-state index is 13.0. The number of amides is 1. The van der Waals surface area contributed by atoms with E-state index in [-0.39, 0.29) is 11.6 Å². The fourth-order valence-electron chi connectivity index (χ4n) is 3.55. The number of rotatable bonds is 7. The number of hydrogen-bond acceptors (Lipinski definition) is 5. The van der Waals surface area contributed by atoms with Gasteiger partial charge < -0.3 is 4.42 Å². The lowest BCUT2D eigenvalue weighted by atomic mass is 9.91. The predicted molar refractivity (Wildman–Crippen MR) is 126 cm³/mol. The van der Waals surface area contributed by atoms with Gasteiger partial charge in [-0.3, -0.25) is 14.9 Å². The van der Waals surface area contributed by atoms with E-state index in [0.29, 0.717) is 22.6 Å². The van der Waals surface area contributed by atoms with Crippen LogP contribution in [0.25, 0.3) is 11.3 Å². The van der Waals surface area contributed by atoms with E-state index in [1.54, 1.807) is 31.2 Å². The fourth-order valence-corrected chi connectivity index (χ4v) is 3.55. The average molecular weight is 439 g/mol. The number of furan rings is 1. The van der Waals surface area contributed by atoms with E-state index in [2.05, 4.69) is 10.5 Å². The molecule has 4 aromatic rings. The van der Waals surface area contributed by atoms with E-state index in [1.807, 2.05) is 60.7 Å². The third-order valence-corrected chi connectivity index (χ3v) is 5.21. The molecule has 164 valence electrons. The summed E-state index contributed by atoms with van der Waals surface area (Å²) in [5.41, 5.74) is 5.50. The number of nitrogens with zero attached hydrogens (tertiary/aromatic N) is 2. The van der Waals surface area contributed by atoms with Gasteiger partial charge in [-0.15, -0.1) is 0 Å². The molecule has 0 unspecified atom stereocenters. The minimum absolute atomic E-state index is 0.0271. The molecule has 1 N–H and O–H groups in total. The van der Waals surface area contributed by atoms with Crippen molar-refractivity contribution < 1.29 is 14.1 Å². The lowest BCUT2D eigenvalue weighted by molar-refractivity contribution is -0.385. The molecule has 0 spiro atoms. The van der Waals surface area contributed by atoms with Gasteiger partial charge in [0.05, 0.1) is 17.1 Å². The molecule has 0 atom stereocenters. The number of hydrogen-bond donors (Lipinski definition) is 1. The summed E-state index contributed by atoms with van der Waals surface area (Å²) >= 11 is 0. The van der Waals surface area contributed by atoms with Gasteiger partial charge in [-0.1, -0.05) is 72.8 Å². The molecule has 0 saturated carbocycles. The van der Waals surface area contributed by atoms with E-state index < -0.39 is 10.8 Å². The summed E-state index contributed by atoms with van der Waals surface area (Å²) in [6, 6.07) is 27.3. The Morgan fingerprint density at radius 3 is 2.21 bits per heavy atom. The first-order valence-electron chi connectivity index (χ1n) is 10.3. The lowest BCUT2D eigenvalue weighted by Crippen LogP contribution is -2.26. The van der Waals surface area contributed by atoms with Crippen molar-refractivity contribution in [3.8, 4) is 11.3 Å². The third kappa shape index (κ3) is 5.04. The number of carbonyl (C=O) groups excluding carboxylic acids is 1. The van der Waals surface area contributed by atoms with Crippen LogP contribution in [0.15, 0.2) is 101 Å². The van der Waals surface area contributed by atoms with Gasteiger partial charge in [0.2, 0.25) is 0 Å². The summed E-state index contributed by atoms with van der Waals surface area (Å²) in [7, 11) is 0. The number of hydrazone groups is 1. The van der Waals surface area contributed by atoms with Crippen molar-refractivity contribution in [1.82, 2.24) is 5.43 Å². The standard InChI is InChI=1S/C26H21N3O4/c1-18-12-13-21(16-23(18)29(31)32)24-15-14-22(33-24)17-27-28-26(30)25(19-8-4-2-5-9-19)20-10-6-3-7-11-20/h2-17,25H,1H3,(H,28,30)/b27-17-. The predicted octanol–water partition coefficient (Wildman–Crippen LogP) is 5.45. The Hall–Kier alpha value is -4.52. The van der Waals surface area contributed by atoms with Crippen LogP contribution in [0.5, 0.6) is 0 Å². The van der Waals surface area contributed by atoms with Crippen LogP contribution in [0.3, 0.4) is 0 Å². The Morgan fingerprint density at radius 1 is 0.970 bits per heavy atom. The van der Waals surface area contributed by atoms with Gasteiger partial charge in [-0.2, -0.15) is 5.10 Å². The van der Waals surface area contributed by atoms with Crippen LogP contribution in [0.1, 0.15) is 28.4 Å². The highest BCUT2D eigenvalue weighted by atomic mass is 16.6. The molecule has 0 bridgehead atoms. The number of benzene rings is 3. The Kier molecular flexibility index (Phi) is 6.40. The first-order chi connectivity index (χ1) is 16.0. The molecule has 7 nitrogen and oxygen atoms in total. The molecule has 7 heteroatoms. The Labute approximate surface area is 190 Å². The lowest BCUT2D eigenvalue weighted by Gasteiger charge is -2.16. The normalized spacial score (nSPS) is 11.1. The van der Waals surface area contributed by atoms with Gasteiger partial charge in [0, 0.05) is 17.2 Å². The molecule has 1 aromatic heterocycles. The summed E-state index contributed by atoms with van der Waals surface area (Å²) < 4.78 is 5.73. The van der Waals surface area contributed by atoms with E-state index in [9.17, 15) is 14.9 Å². The first kappa shape index (κ1) is 21.7. The van der Waals surface area contributed by atoms with Gasteiger partial charge in [-0.05, 0) is 30.2 Å². The van der Waals surface area contributed by atoms with Crippen LogP contribution in [0.2, 0.25) is 0 Å². The SMILES string of the molecule is Cc1ccc(-c2ccc(/C=N\NC(=O)C(c3ccccc3)c3ccccc3)o2)cc1[N+](=O)[O-]. The summed E-state index contributed by atoms with van der Waals surface area (Å²) in [6.45, 7) is 1.68. The molecule has 0 aliphatic heterocycles. The van der Waals surface area contributed by atoms with Crippen molar-refractivity contribution in [2.45, 2.75) is 12.8 Å². The quantitative estimate of drug-likeness (QED) is 0.235. The van der Waals surface area contributed by atoms with Crippen molar-refractivity contribution in [3.05, 3.63) is 124 Å². The molecular formula is C26H21N3O4. The first-order valence-corrected chi connectivity index (χ1v) is 10.3. The van der Waals surface area contributed by atoms with E-state index in [1.165, 1.54) is 12.3 Å². The van der Waals surface area contributed by atoms with Gasteiger partial charge in [0.15, 0.2) is 0 Å². The molecule has 1 amide bonds. The molecule has 0 aliphatic carbocycles. The van der Waals surface area contributed by atoms with Crippen LogP contribution < -0.4 is 5.43 Å². The van der Waals surface area contributed by atoms with Crippen molar-refractivity contribution in [3.63, 3.8) is 0 Å². The Balaban J connectivity index is 1.50. The second-order valence-electron chi connectivity index (χ2n) is 7.45. The zero-order valence-corrected chi connectivity index (χ0v) is 17.8. The summed E-state index contributed by atoms with van der Waals surface area (Å²) in [6.07, 6.45) is 1.40. The third-order valence-electron chi connectivity index (χ3n) is 5.21. The Bertz CT molecular complexity index is 1260. The van der Waals surface area contributed by atoms with Crippen LogP contribution in [-0.4, -0.2) is 17.0 Å². The number of nitro benzene ring substituents is 1. The van der Waals surface area contributed by atoms with E-state index >= 15 is 0 Å². The Morgan fingerprint density at radius 2 is 1.61 bits per heavy atom. The van der Waals surface area contributed by atoms with E-state index in [0.717, 1.165) is 11.1 Å². The molecule has 3 aromatic carbocycles. The second-order valence-corrected chi connectivity index (χ2v) is 7.45. The van der Waals surface area contributed by atoms with Crippen molar-refractivity contribution in [2.75, 3.05) is 0 Å². The molecule has 0 saturated heterocycles. The zero-order chi connectivity index (χ0) is 23.2. The topological polar surface area (TPSA) is 97.7 Å². The van der Waals surface area contributed by atoms with Crippen LogP contribution in [0, 0.1) is 17.0 Å². The highest BCUT2D eigenvalue weighted by Gasteiger charge is 2.22. The van der Waals surface area contributed by atoms with E-state index in [4.69, 9.17) is 4.42 Å². The summed E-state index contributed by atoms with van der Waals surface area (Å²) in [5.74, 6) is 0.0937. The second kappa shape index (κ2) is 9.74. The average Bonchev–Trinajstić information content (AvgIpc) is 3.30. The minimum atomic E-state index is -0.509. The van der Waals surface area contributed by atoms with Gasteiger partial charge in [0.1, 0.15) is 11.5 Å². The largest absolute Gasteiger partial charge is 0.455 e. The monoisotopic (exact) mass is 439 g/mol. The molecule has 33 heavy (non-hydrogen) atoms. The number of carbonyl (C=O) groups is 1. The molecule has 0 fully saturated rings. The molecule has 4 rings (SSSR count). The van der Waals surface area contributed by atoms with Crippen LogP contribution >= 0.6 is 0 Å². The highest BCUT2D eigenvalue weighted by molar-refractivity contribution is 5.88. The summed E-state index contributed by atoms with van der Waals surface area (Å²) in [5, 5.41) is 15.2. The number of aryl methyl sites for hydroxylation is 1. The number of nitro groups is 1. The zero-order valence-electron chi connectivity index (χ0n) is 17.8. The van der Waals surface area contributed by atoms with Gasteiger partial charge in [-0.25, -0.2) is 5.43 Å². The van der Waals surface area contributed by atoms with Crippen molar-refractivity contribution in [1.29, 1.82) is 0 Å². The summed E-state index contributed by atoms with van der Waals surface area (Å²) in [4.78, 5) is 23.7. The minimum Gasteiger partial charge on any atom is -0.455 e. The molecular weight excluding hydrogens is 418 g/mol. The number of nitrogens with one attached hydrogen (secondary N) is 1. The molecule has 1 heterocycles.